The predicted molar refractivity (Wildman–Crippen MR) is 98.0 cm³/mol. The van der Waals surface area contributed by atoms with Gasteiger partial charge in [0.1, 0.15) is 5.58 Å². The van der Waals surface area contributed by atoms with Crippen LogP contribution in [0.15, 0.2) is 41.0 Å². The molecule has 2 aromatic carbocycles. The Balaban J connectivity index is 1.82. The number of Topliss-reactive ketones (excluding diaryl/α,β-unsaturated/α-hetero) is 1. The number of carbonyl (C=O) groups excluding carboxylic acids is 2. The minimum absolute atomic E-state index is 0.0765. The fraction of sp³-hybridized carbons (Fsp3) is 0.238. The van der Waals surface area contributed by atoms with Crippen LogP contribution < -0.4 is 9.47 Å². The smallest absolute Gasteiger partial charge is 0.315 e. The molecule has 3 rings (SSSR count). The monoisotopic (exact) mass is 352 g/mol. The number of carbonyl (C=O) groups is 2. The van der Waals surface area contributed by atoms with E-state index in [2.05, 4.69) is 0 Å². The standard InChI is InChI=1S/C21H20O5/c1-12-5-7-17-16(11-25-21(17)13(12)2)10-20(23)26-18-8-6-15(14(3)22)9-19(18)24-4/h5-9,11H,10H2,1-4H3. The van der Waals surface area contributed by atoms with Crippen molar-refractivity contribution < 1.29 is 23.5 Å². The minimum Gasteiger partial charge on any atom is -0.493 e. The molecule has 0 unspecified atom stereocenters. The van der Waals surface area contributed by atoms with E-state index in [9.17, 15) is 9.59 Å². The molecule has 0 spiro atoms. The third-order valence-corrected chi connectivity index (χ3v) is 4.47. The van der Waals surface area contributed by atoms with E-state index in [1.165, 1.54) is 14.0 Å². The average molecular weight is 352 g/mol. The van der Waals surface area contributed by atoms with Gasteiger partial charge in [0.25, 0.3) is 0 Å². The SMILES string of the molecule is COc1cc(C(C)=O)ccc1OC(=O)Cc1coc2c(C)c(C)ccc12. The first kappa shape index (κ1) is 17.7. The van der Waals surface area contributed by atoms with Gasteiger partial charge in [0.15, 0.2) is 17.3 Å². The summed E-state index contributed by atoms with van der Waals surface area (Å²) in [6, 6.07) is 8.68. The lowest BCUT2D eigenvalue weighted by Gasteiger charge is -2.10. The molecule has 0 aliphatic carbocycles. The zero-order chi connectivity index (χ0) is 18.8. The van der Waals surface area contributed by atoms with Crippen LogP contribution >= 0.6 is 0 Å². The molecular weight excluding hydrogens is 332 g/mol. The molecule has 0 aliphatic heterocycles. The normalized spacial score (nSPS) is 10.8. The molecule has 0 aliphatic rings. The predicted octanol–water partition coefficient (Wildman–Crippen LogP) is 4.41. The van der Waals surface area contributed by atoms with Crippen molar-refractivity contribution >= 4 is 22.7 Å². The quantitative estimate of drug-likeness (QED) is 0.387. The highest BCUT2D eigenvalue weighted by Crippen LogP contribution is 2.30. The van der Waals surface area contributed by atoms with E-state index in [1.807, 2.05) is 26.0 Å². The molecule has 1 aromatic heterocycles. The summed E-state index contributed by atoms with van der Waals surface area (Å²) in [5, 5.41) is 0.906. The van der Waals surface area contributed by atoms with Crippen LogP contribution in [-0.4, -0.2) is 18.9 Å². The third-order valence-electron chi connectivity index (χ3n) is 4.47. The fourth-order valence-corrected chi connectivity index (χ4v) is 2.81. The summed E-state index contributed by atoms with van der Waals surface area (Å²) >= 11 is 0. The second-order valence-corrected chi connectivity index (χ2v) is 6.22. The van der Waals surface area contributed by atoms with E-state index >= 15 is 0 Å². The molecule has 0 saturated heterocycles. The van der Waals surface area contributed by atoms with Crippen molar-refractivity contribution in [3.63, 3.8) is 0 Å². The summed E-state index contributed by atoms with van der Waals surface area (Å²) < 4.78 is 16.3. The summed E-state index contributed by atoms with van der Waals surface area (Å²) in [5.74, 6) is 0.105. The zero-order valence-electron chi connectivity index (χ0n) is 15.2. The number of rotatable bonds is 5. The number of hydrogen-bond acceptors (Lipinski definition) is 5. The molecular formula is C21H20O5. The number of aryl methyl sites for hydroxylation is 2. The number of ketones is 1. The maximum Gasteiger partial charge on any atom is 0.315 e. The molecule has 0 radical (unpaired) electrons. The van der Waals surface area contributed by atoms with Crippen molar-refractivity contribution in [3.05, 3.63) is 58.8 Å². The van der Waals surface area contributed by atoms with E-state index in [0.29, 0.717) is 11.3 Å². The van der Waals surface area contributed by atoms with Crippen molar-refractivity contribution in [2.75, 3.05) is 7.11 Å². The molecule has 0 amide bonds. The number of benzene rings is 2. The van der Waals surface area contributed by atoms with E-state index in [4.69, 9.17) is 13.9 Å². The molecule has 1 heterocycles. The Labute approximate surface area is 151 Å². The molecule has 134 valence electrons. The highest BCUT2D eigenvalue weighted by atomic mass is 16.6. The number of furan rings is 1. The summed E-state index contributed by atoms with van der Waals surface area (Å²) in [5.41, 5.74) is 4.25. The van der Waals surface area contributed by atoms with E-state index in [0.717, 1.165) is 27.7 Å². The largest absolute Gasteiger partial charge is 0.493 e. The number of ether oxygens (including phenoxy) is 2. The van der Waals surface area contributed by atoms with Gasteiger partial charge in [-0.15, -0.1) is 0 Å². The molecule has 0 fully saturated rings. The van der Waals surface area contributed by atoms with Gasteiger partial charge < -0.3 is 13.9 Å². The second kappa shape index (κ2) is 7.04. The topological polar surface area (TPSA) is 65.7 Å². The van der Waals surface area contributed by atoms with Gasteiger partial charge in [-0.25, -0.2) is 0 Å². The average Bonchev–Trinajstić information content (AvgIpc) is 3.01. The van der Waals surface area contributed by atoms with E-state index in [-0.39, 0.29) is 18.0 Å². The Morgan fingerprint density at radius 3 is 2.54 bits per heavy atom. The first-order valence-electron chi connectivity index (χ1n) is 8.26. The number of hydrogen-bond donors (Lipinski definition) is 0. The van der Waals surface area contributed by atoms with Crippen molar-refractivity contribution in [1.29, 1.82) is 0 Å². The zero-order valence-corrected chi connectivity index (χ0v) is 15.2. The van der Waals surface area contributed by atoms with Crippen LogP contribution in [0.3, 0.4) is 0 Å². The third kappa shape index (κ3) is 3.33. The molecule has 0 N–H and O–H groups in total. The summed E-state index contributed by atoms with van der Waals surface area (Å²) in [6.07, 6.45) is 1.67. The van der Waals surface area contributed by atoms with Gasteiger partial charge in [-0.05, 0) is 50.1 Å². The van der Waals surface area contributed by atoms with Crippen LogP contribution in [0.4, 0.5) is 0 Å². The Bertz CT molecular complexity index is 997. The van der Waals surface area contributed by atoms with Gasteiger partial charge in [-0.3, -0.25) is 9.59 Å². The van der Waals surface area contributed by atoms with Gasteiger partial charge in [0, 0.05) is 16.5 Å². The number of methoxy groups -OCH3 is 1. The van der Waals surface area contributed by atoms with Gasteiger partial charge >= 0.3 is 5.97 Å². The van der Waals surface area contributed by atoms with Gasteiger partial charge in [0.05, 0.1) is 19.8 Å². The first-order valence-corrected chi connectivity index (χ1v) is 8.26. The molecule has 0 saturated carbocycles. The van der Waals surface area contributed by atoms with Crippen molar-refractivity contribution in [3.8, 4) is 11.5 Å². The first-order chi connectivity index (χ1) is 12.4. The van der Waals surface area contributed by atoms with Crippen molar-refractivity contribution in [2.24, 2.45) is 0 Å². The van der Waals surface area contributed by atoms with Crippen molar-refractivity contribution in [2.45, 2.75) is 27.2 Å². The number of esters is 1. The van der Waals surface area contributed by atoms with Crippen molar-refractivity contribution in [1.82, 2.24) is 0 Å². The molecule has 5 nitrogen and oxygen atoms in total. The fourth-order valence-electron chi connectivity index (χ4n) is 2.81. The number of fused-ring (bicyclic) bond motifs is 1. The van der Waals surface area contributed by atoms with Crippen LogP contribution in [0.2, 0.25) is 0 Å². The summed E-state index contributed by atoms with van der Waals surface area (Å²) in [4.78, 5) is 23.8. The lowest BCUT2D eigenvalue weighted by molar-refractivity contribution is -0.133. The Hall–Kier alpha value is -3.08. The molecule has 26 heavy (non-hydrogen) atoms. The van der Waals surface area contributed by atoms with Crippen LogP contribution in [0.25, 0.3) is 11.0 Å². The summed E-state index contributed by atoms with van der Waals surface area (Å²) in [7, 11) is 1.46. The lowest BCUT2D eigenvalue weighted by Crippen LogP contribution is -2.12. The van der Waals surface area contributed by atoms with Crippen LogP contribution in [0, 0.1) is 13.8 Å². The van der Waals surface area contributed by atoms with Gasteiger partial charge in [0.2, 0.25) is 0 Å². The molecule has 0 bridgehead atoms. The molecule has 5 heteroatoms. The maximum absolute atomic E-state index is 12.4. The Morgan fingerprint density at radius 2 is 1.85 bits per heavy atom. The second-order valence-electron chi connectivity index (χ2n) is 6.22. The van der Waals surface area contributed by atoms with Gasteiger partial charge in [-0.2, -0.15) is 0 Å². The summed E-state index contributed by atoms with van der Waals surface area (Å²) in [6.45, 7) is 5.47. The minimum atomic E-state index is -0.431. The highest BCUT2D eigenvalue weighted by Gasteiger charge is 2.16. The van der Waals surface area contributed by atoms with Crippen LogP contribution in [0.5, 0.6) is 11.5 Å². The highest BCUT2D eigenvalue weighted by molar-refractivity contribution is 5.95. The Kier molecular flexibility index (Phi) is 4.80. The van der Waals surface area contributed by atoms with Crippen LogP contribution in [-0.2, 0) is 11.2 Å². The van der Waals surface area contributed by atoms with E-state index < -0.39 is 5.97 Å². The van der Waals surface area contributed by atoms with Crippen LogP contribution in [0.1, 0.15) is 34.0 Å². The molecule has 0 atom stereocenters. The Morgan fingerprint density at radius 1 is 1.08 bits per heavy atom. The van der Waals surface area contributed by atoms with Gasteiger partial charge in [-0.1, -0.05) is 12.1 Å². The maximum atomic E-state index is 12.4. The molecule has 3 aromatic rings. The lowest BCUT2D eigenvalue weighted by atomic mass is 10.0. The van der Waals surface area contributed by atoms with E-state index in [1.54, 1.807) is 24.5 Å².